The topological polar surface area (TPSA) is 29.3 Å². The molecule has 0 aliphatic rings. The van der Waals surface area contributed by atoms with Crippen molar-refractivity contribution in [3.05, 3.63) is 65.0 Å². The molecule has 0 radical (unpaired) electrons. The van der Waals surface area contributed by atoms with Crippen molar-refractivity contribution >= 4 is 22.9 Å². The SMILES string of the molecule is CCN(Cc1ccc(F)cc1C(N)=S)c1ccccc1C. The van der Waals surface area contributed by atoms with Gasteiger partial charge in [0.25, 0.3) is 0 Å². The predicted molar refractivity (Wildman–Crippen MR) is 90.2 cm³/mol. The summed E-state index contributed by atoms with van der Waals surface area (Å²) in [4.78, 5) is 2.45. The van der Waals surface area contributed by atoms with Gasteiger partial charge in [0, 0.05) is 24.3 Å². The maximum absolute atomic E-state index is 13.4. The van der Waals surface area contributed by atoms with E-state index in [1.165, 1.54) is 23.4 Å². The summed E-state index contributed by atoms with van der Waals surface area (Å²) in [5.74, 6) is -0.319. The fourth-order valence-electron chi connectivity index (χ4n) is 2.41. The molecule has 0 amide bonds. The summed E-state index contributed by atoms with van der Waals surface area (Å²) in [5, 5.41) is 0. The van der Waals surface area contributed by atoms with E-state index in [0.29, 0.717) is 12.1 Å². The van der Waals surface area contributed by atoms with Crippen LogP contribution in [0.15, 0.2) is 42.5 Å². The van der Waals surface area contributed by atoms with E-state index in [4.69, 9.17) is 18.0 Å². The number of anilines is 1. The van der Waals surface area contributed by atoms with Crippen LogP contribution in [0.2, 0.25) is 0 Å². The Hall–Kier alpha value is -1.94. The molecule has 2 aromatic rings. The second kappa shape index (κ2) is 6.68. The fourth-order valence-corrected chi connectivity index (χ4v) is 2.60. The molecule has 2 N–H and O–H groups in total. The lowest BCUT2D eigenvalue weighted by atomic mass is 10.1. The third kappa shape index (κ3) is 3.58. The van der Waals surface area contributed by atoms with Crippen molar-refractivity contribution < 1.29 is 4.39 Å². The minimum Gasteiger partial charge on any atom is -0.389 e. The Morgan fingerprint density at radius 1 is 1.24 bits per heavy atom. The number of nitrogens with zero attached hydrogens (tertiary/aromatic N) is 1. The van der Waals surface area contributed by atoms with E-state index < -0.39 is 0 Å². The molecule has 0 saturated heterocycles. The van der Waals surface area contributed by atoms with E-state index in [0.717, 1.165) is 12.1 Å². The molecule has 110 valence electrons. The van der Waals surface area contributed by atoms with Gasteiger partial charge in [-0.05, 0) is 43.2 Å². The molecule has 0 aliphatic heterocycles. The lowest BCUT2D eigenvalue weighted by Gasteiger charge is -2.26. The number of para-hydroxylation sites is 1. The van der Waals surface area contributed by atoms with Crippen molar-refractivity contribution in [3.8, 4) is 0 Å². The third-order valence-electron chi connectivity index (χ3n) is 3.54. The number of hydrogen-bond acceptors (Lipinski definition) is 2. The van der Waals surface area contributed by atoms with E-state index in [1.54, 1.807) is 6.07 Å². The van der Waals surface area contributed by atoms with Crippen LogP contribution in [0.4, 0.5) is 10.1 Å². The average Bonchev–Trinajstić information content (AvgIpc) is 2.46. The second-order valence-corrected chi connectivity index (χ2v) is 5.41. The van der Waals surface area contributed by atoms with Gasteiger partial charge in [-0.3, -0.25) is 0 Å². The van der Waals surface area contributed by atoms with Crippen molar-refractivity contribution in [2.45, 2.75) is 20.4 Å². The molecule has 0 saturated carbocycles. The van der Waals surface area contributed by atoms with Gasteiger partial charge in [0.1, 0.15) is 10.8 Å². The van der Waals surface area contributed by atoms with Gasteiger partial charge < -0.3 is 10.6 Å². The number of halogens is 1. The molecule has 0 spiro atoms. The third-order valence-corrected chi connectivity index (χ3v) is 3.76. The van der Waals surface area contributed by atoms with Gasteiger partial charge in [0.05, 0.1) is 0 Å². The Labute approximate surface area is 130 Å². The van der Waals surface area contributed by atoms with Crippen LogP contribution in [0.1, 0.15) is 23.6 Å². The van der Waals surface area contributed by atoms with E-state index in [1.807, 2.05) is 12.1 Å². The summed E-state index contributed by atoms with van der Waals surface area (Å²) in [6.45, 7) is 5.67. The maximum atomic E-state index is 13.4. The quantitative estimate of drug-likeness (QED) is 0.852. The van der Waals surface area contributed by atoms with Crippen molar-refractivity contribution in [1.29, 1.82) is 0 Å². The number of thiocarbonyl (C=S) groups is 1. The molecule has 0 heterocycles. The van der Waals surface area contributed by atoms with Crippen LogP contribution in [0.3, 0.4) is 0 Å². The number of nitrogens with two attached hydrogens (primary N) is 1. The molecule has 2 rings (SSSR count). The molecule has 21 heavy (non-hydrogen) atoms. The number of hydrogen-bond donors (Lipinski definition) is 1. The first kappa shape index (κ1) is 15.4. The van der Waals surface area contributed by atoms with Crippen LogP contribution < -0.4 is 10.6 Å². The van der Waals surface area contributed by atoms with Gasteiger partial charge >= 0.3 is 0 Å². The van der Waals surface area contributed by atoms with Crippen LogP contribution in [0.25, 0.3) is 0 Å². The monoisotopic (exact) mass is 302 g/mol. The van der Waals surface area contributed by atoms with E-state index in [-0.39, 0.29) is 10.8 Å². The number of aryl methyl sites for hydroxylation is 1. The van der Waals surface area contributed by atoms with Gasteiger partial charge in [-0.2, -0.15) is 0 Å². The van der Waals surface area contributed by atoms with E-state index in [9.17, 15) is 4.39 Å². The molecule has 0 atom stereocenters. The summed E-state index contributed by atoms with van der Waals surface area (Å²) in [6.07, 6.45) is 0. The zero-order valence-electron chi connectivity index (χ0n) is 12.3. The standard InChI is InChI=1S/C17H19FN2S/c1-3-20(16-7-5-4-6-12(16)2)11-13-8-9-14(18)10-15(13)17(19)21/h4-10H,3,11H2,1-2H3,(H2,19,21). The maximum Gasteiger partial charge on any atom is 0.123 e. The zero-order valence-corrected chi connectivity index (χ0v) is 13.1. The van der Waals surface area contributed by atoms with Crippen molar-refractivity contribution in [3.63, 3.8) is 0 Å². The Morgan fingerprint density at radius 3 is 2.57 bits per heavy atom. The summed E-state index contributed by atoms with van der Waals surface area (Å²) in [6, 6.07) is 12.8. The van der Waals surface area contributed by atoms with Crippen LogP contribution in [0.5, 0.6) is 0 Å². The second-order valence-electron chi connectivity index (χ2n) is 4.97. The van der Waals surface area contributed by atoms with Crippen molar-refractivity contribution in [2.24, 2.45) is 5.73 Å². The Morgan fingerprint density at radius 2 is 1.95 bits per heavy atom. The minimum absolute atomic E-state index is 0.227. The summed E-state index contributed by atoms with van der Waals surface area (Å²) >= 11 is 5.03. The van der Waals surface area contributed by atoms with E-state index >= 15 is 0 Å². The Bertz CT molecular complexity index is 655. The van der Waals surface area contributed by atoms with Crippen LogP contribution >= 0.6 is 12.2 Å². The highest BCUT2D eigenvalue weighted by atomic mass is 32.1. The van der Waals surface area contributed by atoms with Crippen molar-refractivity contribution in [2.75, 3.05) is 11.4 Å². The summed E-state index contributed by atoms with van der Waals surface area (Å²) in [5.41, 5.74) is 9.63. The predicted octanol–water partition coefficient (Wildman–Crippen LogP) is 3.79. The lowest BCUT2D eigenvalue weighted by molar-refractivity contribution is 0.626. The fraction of sp³-hybridized carbons (Fsp3) is 0.235. The first-order valence-corrected chi connectivity index (χ1v) is 7.32. The summed E-state index contributed by atoms with van der Waals surface area (Å²) < 4.78 is 13.4. The van der Waals surface area contributed by atoms with Gasteiger partial charge in [-0.15, -0.1) is 0 Å². The molecular formula is C17H19FN2S. The molecule has 2 aromatic carbocycles. The highest BCUT2D eigenvalue weighted by Gasteiger charge is 2.12. The van der Waals surface area contributed by atoms with Gasteiger partial charge in [0.2, 0.25) is 0 Å². The molecule has 4 heteroatoms. The largest absolute Gasteiger partial charge is 0.389 e. The van der Waals surface area contributed by atoms with Gasteiger partial charge in [-0.1, -0.05) is 36.5 Å². The highest BCUT2D eigenvalue weighted by Crippen LogP contribution is 2.23. The molecule has 0 bridgehead atoms. The molecule has 0 fully saturated rings. The summed E-state index contributed by atoms with van der Waals surface area (Å²) in [7, 11) is 0. The van der Waals surface area contributed by atoms with Gasteiger partial charge in [-0.25, -0.2) is 4.39 Å². The zero-order chi connectivity index (χ0) is 15.4. The first-order valence-electron chi connectivity index (χ1n) is 6.91. The lowest BCUT2D eigenvalue weighted by Crippen LogP contribution is -2.25. The van der Waals surface area contributed by atoms with Gasteiger partial charge in [0.15, 0.2) is 0 Å². The average molecular weight is 302 g/mol. The van der Waals surface area contributed by atoms with Crippen LogP contribution in [-0.4, -0.2) is 11.5 Å². The first-order chi connectivity index (χ1) is 10.0. The Balaban J connectivity index is 2.36. The van der Waals surface area contributed by atoms with Crippen molar-refractivity contribution in [1.82, 2.24) is 0 Å². The minimum atomic E-state index is -0.319. The Kier molecular flexibility index (Phi) is 4.91. The normalized spacial score (nSPS) is 10.4. The van der Waals surface area contributed by atoms with Crippen LogP contribution in [-0.2, 0) is 6.54 Å². The number of benzene rings is 2. The smallest absolute Gasteiger partial charge is 0.123 e. The molecule has 0 unspecified atom stereocenters. The molecule has 2 nitrogen and oxygen atoms in total. The molecule has 0 aromatic heterocycles. The van der Waals surface area contributed by atoms with Crippen LogP contribution in [0, 0.1) is 12.7 Å². The number of rotatable bonds is 5. The van der Waals surface area contributed by atoms with E-state index in [2.05, 4.69) is 30.9 Å². The molecule has 0 aliphatic carbocycles. The highest BCUT2D eigenvalue weighted by molar-refractivity contribution is 7.80. The molecular weight excluding hydrogens is 283 g/mol.